The van der Waals surface area contributed by atoms with Crippen LogP contribution in [-0.4, -0.2) is 56.9 Å². The molecule has 0 aromatic heterocycles. The molecular formula is C16H28FN3O. The van der Waals surface area contributed by atoms with Gasteiger partial charge in [0.25, 0.3) is 0 Å². The van der Waals surface area contributed by atoms with Crippen molar-refractivity contribution in [3.63, 3.8) is 0 Å². The first-order chi connectivity index (χ1) is 10.1. The summed E-state index contributed by atoms with van der Waals surface area (Å²) in [7, 11) is 4.12. The lowest BCUT2D eigenvalue weighted by Gasteiger charge is -2.23. The van der Waals surface area contributed by atoms with E-state index in [4.69, 9.17) is 5.11 Å². The number of aliphatic hydroxyl groups excluding tert-OH is 1. The third-order valence-corrected chi connectivity index (χ3v) is 3.39. The summed E-state index contributed by atoms with van der Waals surface area (Å²) in [6.07, 6.45) is 1.09. The second-order valence-electron chi connectivity index (χ2n) is 5.42. The van der Waals surface area contributed by atoms with Crippen LogP contribution in [0.3, 0.4) is 0 Å². The molecule has 1 aromatic rings. The van der Waals surface area contributed by atoms with Gasteiger partial charge in [-0.15, -0.1) is 0 Å². The molecule has 4 nitrogen and oxygen atoms in total. The maximum atomic E-state index is 13.9. The molecule has 21 heavy (non-hydrogen) atoms. The highest BCUT2D eigenvalue weighted by Crippen LogP contribution is 2.20. The molecular weight excluding hydrogens is 269 g/mol. The molecule has 0 saturated carbocycles. The van der Waals surface area contributed by atoms with E-state index in [1.54, 1.807) is 0 Å². The van der Waals surface area contributed by atoms with Crippen molar-refractivity contribution >= 4 is 5.69 Å². The molecule has 0 aliphatic rings. The lowest BCUT2D eigenvalue weighted by Crippen LogP contribution is -2.27. The minimum Gasteiger partial charge on any atom is -0.395 e. The Morgan fingerprint density at radius 2 is 2.00 bits per heavy atom. The van der Waals surface area contributed by atoms with Crippen LogP contribution in [0.4, 0.5) is 10.1 Å². The van der Waals surface area contributed by atoms with E-state index in [0.29, 0.717) is 18.8 Å². The van der Waals surface area contributed by atoms with Crippen LogP contribution in [0.15, 0.2) is 18.2 Å². The minimum atomic E-state index is -0.235. The number of aliphatic hydroxyl groups is 1. The predicted octanol–water partition coefficient (Wildman–Crippen LogP) is 1.69. The molecule has 5 heteroatoms. The molecule has 0 atom stereocenters. The second kappa shape index (κ2) is 9.71. The predicted molar refractivity (Wildman–Crippen MR) is 86.3 cm³/mol. The van der Waals surface area contributed by atoms with E-state index in [2.05, 4.69) is 24.3 Å². The van der Waals surface area contributed by atoms with Crippen molar-refractivity contribution in [2.45, 2.75) is 19.9 Å². The lowest BCUT2D eigenvalue weighted by molar-refractivity contribution is 0.302. The van der Waals surface area contributed by atoms with Crippen molar-refractivity contribution in [1.29, 1.82) is 0 Å². The van der Waals surface area contributed by atoms with Crippen molar-refractivity contribution in [1.82, 2.24) is 10.2 Å². The Morgan fingerprint density at radius 1 is 1.24 bits per heavy atom. The van der Waals surface area contributed by atoms with E-state index in [1.165, 1.54) is 6.07 Å². The van der Waals surface area contributed by atoms with Gasteiger partial charge in [-0.2, -0.15) is 0 Å². The number of likely N-dealkylation sites (N-methyl/N-ethyl adjacent to an activating group) is 1. The standard InChI is InChI=1S/C16H28FN3O/c1-4-20(10-11-21)16-12-14(6-7-15(16)17)13-18-8-5-9-19(2)3/h6-7,12,18,21H,4-5,8-11,13H2,1-3H3. The number of hydrogen-bond donors (Lipinski definition) is 2. The van der Waals surface area contributed by atoms with E-state index in [1.807, 2.05) is 24.0 Å². The maximum absolute atomic E-state index is 13.9. The normalized spacial score (nSPS) is 11.1. The molecule has 0 saturated heterocycles. The summed E-state index contributed by atoms with van der Waals surface area (Å²) in [6.45, 7) is 5.85. The molecule has 0 amide bonds. The Kier molecular flexibility index (Phi) is 8.27. The molecule has 0 radical (unpaired) electrons. The summed E-state index contributed by atoms with van der Waals surface area (Å²) in [5.41, 5.74) is 1.63. The molecule has 0 bridgehead atoms. The van der Waals surface area contributed by atoms with E-state index in [0.717, 1.165) is 31.6 Å². The molecule has 0 aliphatic heterocycles. The summed E-state index contributed by atoms with van der Waals surface area (Å²) < 4.78 is 13.9. The summed E-state index contributed by atoms with van der Waals surface area (Å²) >= 11 is 0. The quantitative estimate of drug-likeness (QED) is 0.645. The third kappa shape index (κ3) is 6.42. The Labute approximate surface area is 127 Å². The monoisotopic (exact) mass is 297 g/mol. The highest BCUT2D eigenvalue weighted by atomic mass is 19.1. The highest BCUT2D eigenvalue weighted by Gasteiger charge is 2.10. The van der Waals surface area contributed by atoms with Gasteiger partial charge in [-0.05, 0) is 58.2 Å². The minimum absolute atomic E-state index is 0.0281. The summed E-state index contributed by atoms with van der Waals surface area (Å²) in [5, 5.41) is 12.4. The Morgan fingerprint density at radius 3 is 2.62 bits per heavy atom. The van der Waals surface area contributed by atoms with Crippen LogP contribution in [0.5, 0.6) is 0 Å². The van der Waals surface area contributed by atoms with Gasteiger partial charge in [0, 0.05) is 19.6 Å². The summed E-state index contributed by atoms with van der Waals surface area (Å²) in [4.78, 5) is 4.01. The zero-order valence-corrected chi connectivity index (χ0v) is 13.4. The summed E-state index contributed by atoms with van der Waals surface area (Å²) in [5.74, 6) is -0.235. The Hall–Kier alpha value is -1.17. The number of halogens is 1. The highest BCUT2D eigenvalue weighted by molar-refractivity contribution is 5.50. The molecule has 2 N–H and O–H groups in total. The first kappa shape index (κ1) is 17.9. The molecule has 0 heterocycles. The van der Waals surface area contributed by atoms with Crippen LogP contribution in [0.1, 0.15) is 18.9 Å². The first-order valence-electron chi connectivity index (χ1n) is 7.58. The SMILES string of the molecule is CCN(CCO)c1cc(CNCCCN(C)C)ccc1F. The van der Waals surface area contributed by atoms with Crippen molar-refractivity contribution in [3.8, 4) is 0 Å². The molecule has 1 aromatic carbocycles. The number of rotatable bonds is 10. The van der Waals surface area contributed by atoms with Crippen LogP contribution in [0.2, 0.25) is 0 Å². The molecule has 1 rings (SSSR count). The third-order valence-electron chi connectivity index (χ3n) is 3.39. The van der Waals surface area contributed by atoms with E-state index in [-0.39, 0.29) is 12.4 Å². The molecule has 0 unspecified atom stereocenters. The smallest absolute Gasteiger partial charge is 0.146 e. The average Bonchev–Trinajstić information content (AvgIpc) is 2.46. The van der Waals surface area contributed by atoms with E-state index < -0.39 is 0 Å². The van der Waals surface area contributed by atoms with Crippen molar-refractivity contribution < 1.29 is 9.50 Å². The fraction of sp³-hybridized carbons (Fsp3) is 0.625. The first-order valence-corrected chi connectivity index (χ1v) is 7.58. The van der Waals surface area contributed by atoms with Gasteiger partial charge in [-0.1, -0.05) is 6.07 Å². The second-order valence-corrected chi connectivity index (χ2v) is 5.42. The maximum Gasteiger partial charge on any atom is 0.146 e. The van der Waals surface area contributed by atoms with Gasteiger partial charge in [0.05, 0.1) is 12.3 Å². The van der Waals surface area contributed by atoms with Gasteiger partial charge in [-0.3, -0.25) is 0 Å². The van der Waals surface area contributed by atoms with E-state index in [9.17, 15) is 4.39 Å². The molecule has 120 valence electrons. The van der Waals surface area contributed by atoms with Crippen molar-refractivity contribution in [2.75, 3.05) is 51.8 Å². The fourth-order valence-electron chi connectivity index (χ4n) is 2.23. The van der Waals surface area contributed by atoms with Crippen LogP contribution in [-0.2, 0) is 6.54 Å². The van der Waals surface area contributed by atoms with Gasteiger partial charge in [0.2, 0.25) is 0 Å². The van der Waals surface area contributed by atoms with Gasteiger partial charge in [0.1, 0.15) is 5.82 Å². The Bertz CT molecular complexity index is 413. The van der Waals surface area contributed by atoms with E-state index >= 15 is 0 Å². The van der Waals surface area contributed by atoms with Crippen molar-refractivity contribution in [2.24, 2.45) is 0 Å². The number of hydrogen-bond acceptors (Lipinski definition) is 4. The zero-order chi connectivity index (χ0) is 15.7. The zero-order valence-electron chi connectivity index (χ0n) is 13.4. The topological polar surface area (TPSA) is 38.7 Å². The van der Waals surface area contributed by atoms with Crippen LogP contribution < -0.4 is 10.2 Å². The van der Waals surface area contributed by atoms with Crippen LogP contribution >= 0.6 is 0 Å². The van der Waals surface area contributed by atoms with Crippen molar-refractivity contribution in [3.05, 3.63) is 29.6 Å². The average molecular weight is 297 g/mol. The molecule has 0 fully saturated rings. The molecule has 0 aliphatic carbocycles. The van der Waals surface area contributed by atoms with Gasteiger partial charge < -0.3 is 20.2 Å². The van der Waals surface area contributed by atoms with Crippen LogP contribution in [0.25, 0.3) is 0 Å². The summed E-state index contributed by atoms with van der Waals surface area (Å²) in [6, 6.07) is 5.18. The Balaban J connectivity index is 2.56. The van der Waals surface area contributed by atoms with Crippen LogP contribution in [0, 0.1) is 5.82 Å². The van der Waals surface area contributed by atoms with Gasteiger partial charge in [0.15, 0.2) is 0 Å². The number of benzene rings is 1. The largest absolute Gasteiger partial charge is 0.395 e. The number of nitrogens with zero attached hydrogens (tertiary/aromatic N) is 2. The fourth-order valence-corrected chi connectivity index (χ4v) is 2.23. The number of nitrogens with one attached hydrogen (secondary N) is 1. The number of anilines is 1. The molecule has 0 spiro atoms. The lowest BCUT2D eigenvalue weighted by atomic mass is 10.1. The van der Waals surface area contributed by atoms with Gasteiger partial charge in [-0.25, -0.2) is 4.39 Å². The van der Waals surface area contributed by atoms with Gasteiger partial charge >= 0.3 is 0 Å².